The largest absolute Gasteiger partial charge is 0.388 e. The number of anilines is 2. The van der Waals surface area contributed by atoms with E-state index in [9.17, 15) is 4.39 Å². The maximum Gasteiger partial charge on any atom is 0.161 e. The van der Waals surface area contributed by atoms with Crippen LogP contribution in [0.4, 0.5) is 15.9 Å². The van der Waals surface area contributed by atoms with E-state index in [1.165, 1.54) is 18.3 Å². The standard InChI is InChI=1S/C12H11FN4S/c1-17(9-4-2-8(13)3-5-9)12-10(11(14)18)15-6-7-16-12/h2-7H,1H3,(H2,14,18). The molecule has 6 heteroatoms. The van der Waals surface area contributed by atoms with Gasteiger partial charge in [0.1, 0.15) is 16.5 Å². The summed E-state index contributed by atoms with van der Waals surface area (Å²) in [7, 11) is 1.79. The number of benzene rings is 1. The number of rotatable bonds is 3. The number of aromatic nitrogens is 2. The highest BCUT2D eigenvalue weighted by Crippen LogP contribution is 2.23. The molecule has 0 atom stereocenters. The first-order valence-corrected chi connectivity index (χ1v) is 5.60. The van der Waals surface area contributed by atoms with Gasteiger partial charge >= 0.3 is 0 Å². The molecule has 1 aromatic carbocycles. The van der Waals surface area contributed by atoms with E-state index in [1.807, 2.05) is 0 Å². The van der Waals surface area contributed by atoms with Gasteiger partial charge in [-0.2, -0.15) is 0 Å². The predicted octanol–water partition coefficient (Wildman–Crippen LogP) is 2.02. The number of halogens is 1. The van der Waals surface area contributed by atoms with Crippen molar-refractivity contribution in [1.29, 1.82) is 0 Å². The van der Waals surface area contributed by atoms with E-state index in [-0.39, 0.29) is 10.8 Å². The van der Waals surface area contributed by atoms with Crippen molar-refractivity contribution in [3.63, 3.8) is 0 Å². The molecule has 2 N–H and O–H groups in total. The predicted molar refractivity (Wildman–Crippen MR) is 72.4 cm³/mol. The van der Waals surface area contributed by atoms with Crippen LogP contribution in [-0.2, 0) is 0 Å². The van der Waals surface area contributed by atoms with Gasteiger partial charge in [-0.1, -0.05) is 12.2 Å². The van der Waals surface area contributed by atoms with Crippen LogP contribution in [0.15, 0.2) is 36.7 Å². The van der Waals surface area contributed by atoms with Crippen LogP contribution in [0, 0.1) is 5.82 Å². The average molecular weight is 262 g/mol. The quantitative estimate of drug-likeness (QED) is 0.858. The zero-order valence-corrected chi connectivity index (χ0v) is 10.5. The molecular weight excluding hydrogens is 251 g/mol. The maximum absolute atomic E-state index is 12.9. The third-order valence-corrected chi connectivity index (χ3v) is 2.64. The van der Waals surface area contributed by atoms with Gasteiger partial charge in [-0.15, -0.1) is 0 Å². The Hall–Kier alpha value is -2.08. The van der Waals surface area contributed by atoms with Gasteiger partial charge in [0.05, 0.1) is 0 Å². The van der Waals surface area contributed by atoms with E-state index in [4.69, 9.17) is 18.0 Å². The molecule has 0 amide bonds. The van der Waals surface area contributed by atoms with Crippen molar-refractivity contribution in [1.82, 2.24) is 9.97 Å². The molecule has 0 spiro atoms. The lowest BCUT2D eigenvalue weighted by molar-refractivity contribution is 0.628. The summed E-state index contributed by atoms with van der Waals surface area (Å²) in [4.78, 5) is 10.2. The molecule has 2 aromatic rings. The van der Waals surface area contributed by atoms with Gasteiger partial charge < -0.3 is 10.6 Å². The number of nitrogens with two attached hydrogens (primary N) is 1. The monoisotopic (exact) mass is 262 g/mol. The van der Waals surface area contributed by atoms with Gasteiger partial charge in [0.25, 0.3) is 0 Å². The fourth-order valence-electron chi connectivity index (χ4n) is 1.54. The SMILES string of the molecule is CN(c1ccc(F)cc1)c1nccnc1C(N)=S. The zero-order chi connectivity index (χ0) is 13.1. The topological polar surface area (TPSA) is 55.0 Å². The summed E-state index contributed by atoms with van der Waals surface area (Å²) in [6, 6.07) is 6.05. The van der Waals surface area contributed by atoms with Crippen LogP contribution in [0.5, 0.6) is 0 Å². The summed E-state index contributed by atoms with van der Waals surface area (Å²) < 4.78 is 12.9. The molecule has 0 radical (unpaired) electrons. The molecule has 0 aliphatic heterocycles. The van der Waals surface area contributed by atoms with E-state index in [0.717, 1.165) is 5.69 Å². The normalized spacial score (nSPS) is 10.1. The molecule has 4 nitrogen and oxygen atoms in total. The third-order valence-electron chi connectivity index (χ3n) is 2.44. The van der Waals surface area contributed by atoms with Crippen LogP contribution >= 0.6 is 12.2 Å². The highest BCUT2D eigenvalue weighted by atomic mass is 32.1. The first kappa shape index (κ1) is 12.4. The van der Waals surface area contributed by atoms with Crippen molar-refractivity contribution >= 4 is 28.7 Å². The number of nitrogens with zero attached hydrogens (tertiary/aromatic N) is 3. The van der Waals surface area contributed by atoms with Crippen molar-refractivity contribution in [2.75, 3.05) is 11.9 Å². The van der Waals surface area contributed by atoms with Gasteiger partial charge in [0.2, 0.25) is 0 Å². The molecule has 0 saturated carbocycles. The lowest BCUT2D eigenvalue weighted by atomic mass is 10.2. The van der Waals surface area contributed by atoms with Crippen LogP contribution in [0.3, 0.4) is 0 Å². The van der Waals surface area contributed by atoms with E-state index >= 15 is 0 Å². The average Bonchev–Trinajstić information content (AvgIpc) is 2.39. The van der Waals surface area contributed by atoms with E-state index < -0.39 is 0 Å². The van der Waals surface area contributed by atoms with Crippen LogP contribution in [-0.4, -0.2) is 22.0 Å². The van der Waals surface area contributed by atoms with Gasteiger partial charge in [0, 0.05) is 25.1 Å². The Labute approximate surface area is 109 Å². The first-order chi connectivity index (χ1) is 8.59. The molecule has 2 rings (SSSR count). The smallest absolute Gasteiger partial charge is 0.161 e. The Bertz CT molecular complexity index is 571. The molecule has 18 heavy (non-hydrogen) atoms. The summed E-state index contributed by atoms with van der Waals surface area (Å²) in [5, 5.41) is 0. The second-order valence-corrected chi connectivity index (χ2v) is 4.07. The van der Waals surface area contributed by atoms with Crippen LogP contribution < -0.4 is 10.6 Å². The summed E-state index contributed by atoms with van der Waals surface area (Å²) in [5.74, 6) is 0.248. The molecule has 1 aromatic heterocycles. The minimum atomic E-state index is -0.291. The molecule has 0 aliphatic rings. The van der Waals surface area contributed by atoms with E-state index in [0.29, 0.717) is 11.5 Å². The molecule has 0 bridgehead atoms. The fraction of sp³-hybridized carbons (Fsp3) is 0.0833. The van der Waals surface area contributed by atoms with Crippen molar-refractivity contribution < 1.29 is 4.39 Å². The van der Waals surface area contributed by atoms with Crippen molar-refractivity contribution in [2.24, 2.45) is 5.73 Å². The molecule has 0 unspecified atom stereocenters. The van der Waals surface area contributed by atoms with Crippen molar-refractivity contribution in [3.8, 4) is 0 Å². The molecule has 0 fully saturated rings. The lowest BCUT2D eigenvalue weighted by Gasteiger charge is -2.19. The van der Waals surface area contributed by atoms with Gasteiger partial charge in [-0.3, -0.25) is 0 Å². The first-order valence-electron chi connectivity index (χ1n) is 5.19. The number of thiocarbonyl (C=S) groups is 1. The van der Waals surface area contributed by atoms with Gasteiger partial charge in [-0.05, 0) is 24.3 Å². The molecule has 0 saturated heterocycles. The van der Waals surface area contributed by atoms with Crippen LogP contribution in [0.2, 0.25) is 0 Å². The highest BCUT2D eigenvalue weighted by Gasteiger charge is 2.13. The highest BCUT2D eigenvalue weighted by molar-refractivity contribution is 7.80. The van der Waals surface area contributed by atoms with E-state index in [2.05, 4.69) is 9.97 Å². The molecule has 92 valence electrons. The van der Waals surface area contributed by atoms with Crippen LogP contribution in [0.1, 0.15) is 5.69 Å². The van der Waals surface area contributed by atoms with Crippen molar-refractivity contribution in [3.05, 3.63) is 48.2 Å². The van der Waals surface area contributed by atoms with E-state index in [1.54, 1.807) is 30.3 Å². The summed E-state index contributed by atoms with van der Waals surface area (Å²) in [5.41, 5.74) is 6.81. The fourth-order valence-corrected chi connectivity index (χ4v) is 1.68. The Kier molecular flexibility index (Phi) is 3.47. The Morgan fingerprint density at radius 2 is 1.83 bits per heavy atom. The molecule has 0 aliphatic carbocycles. The minimum Gasteiger partial charge on any atom is -0.388 e. The van der Waals surface area contributed by atoms with Crippen LogP contribution in [0.25, 0.3) is 0 Å². The third kappa shape index (κ3) is 2.43. The van der Waals surface area contributed by atoms with Gasteiger partial charge in [-0.25, -0.2) is 14.4 Å². The summed E-state index contributed by atoms with van der Waals surface area (Å²) in [6.45, 7) is 0. The van der Waals surface area contributed by atoms with Crippen molar-refractivity contribution in [2.45, 2.75) is 0 Å². The summed E-state index contributed by atoms with van der Waals surface area (Å²) in [6.07, 6.45) is 3.08. The zero-order valence-electron chi connectivity index (χ0n) is 9.67. The van der Waals surface area contributed by atoms with Gasteiger partial charge in [0.15, 0.2) is 5.82 Å². The Balaban J connectivity index is 2.42. The minimum absolute atomic E-state index is 0.173. The second kappa shape index (κ2) is 5.05. The summed E-state index contributed by atoms with van der Waals surface area (Å²) >= 11 is 4.93. The molecule has 1 heterocycles. The number of hydrogen-bond acceptors (Lipinski definition) is 4. The Morgan fingerprint density at radius 1 is 1.22 bits per heavy atom. The lowest BCUT2D eigenvalue weighted by Crippen LogP contribution is -2.20. The number of hydrogen-bond donors (Lipinski definition) is 1. The Morgan fingerprint density at radius 3 is 2.44 bits per heavy atom. The molecular formula is C12H11FN4S. The maximum atomic E-state index is 12.9. The second-order valence-electron chi connectivity index (χ2n) is 3.63.